The summed E-state index contributed by atoms with van der Waals surface area (Å²) in [4.78, 5) is 40.4. The van der Waals surface area contributed by atoms with Gasteiger partial charge in [-0.2, -0.15) is 0 Å². The summed E-state index contributed by atoms with van der Waals surface area (Å²) in [6.07, 6.45) is 3.06. The zero-order valence-electron chi connectivity index (χ0n) is 13.7. The molecule has 1 aromatic heterocycles. The molecule has 0 N–H and O–H groups in total. The number of aromatic nitrogens is 2. The number of rotatable bonds is 2. The van der Waals surface area contributed by atoms with E-state index in [-0.39, 0.29) is 11.6 Å². The van der Waals surface area contributed by atoms with Crippen molar-refractivity contribution in [2.75, 3.05) is 27.2 Å². The van der Waals surface area contributed by atoms with Gasteiger partial charge in [0.15, 0.2) is 0 Å². The van der Waals surface area contributed by atoms with Gasteiger partial charge in [-0.15, -0.1) is 0 Å². The van der Waals surface area contributed by atoms with E-state index in [4.69, 9.17) is 0 Å². The fourth-order valence-corrected chi connectivity index (χ4v) is 2.83. The van der Waals surface area contributed by atoms with Crippen LogP contribution in [0.2, 0.25) is 0 Å². The quantitative estimate of drug-likeness (QED) is 0.748. The first-order valence-electron chi connectivity index (χ1n) is 7.55. The first kappa shape index (κ1) is 16.5. The maximum atomic E-state index is 12.8. The van der Waals surface area contributed by atoms with Gasteiger partial charge in [0.25, 0.3) is 11.5 Å². The van der Waals surface area contributed by atoms with Crippen LogP contribution in [-0.4, -0.2) is 58.1 Å². The maximum absolute atomic E-state index is 12.8. The zero-order chi connectivity index (χ0) is 16.4. The molecule has 0 bridgehead atoms. The van der Waals surface area contributed by atoms with Crippen LogP contribution in [0.15, 0.2) is 15.7 Å². The van der Waals surface area contributed by atoms with Gasteiger partial charge in [0, 0.05) is 39.3 Å². The van der Waals surface area contributed by atoms with E-state index in [1.807, 2.05) is 14.1 Å². The van der Waals surface area contributed by atoms with E-state index >= 15 is 0 Å². The van der Waals surface area contributed by atoms with E-state index in [2.05, 4.69) is 4.90 Å². The monoisotopic (exact) mass is 308 g/mol. The molecule has 0 aromatic carbocycles. The Morgan fingerprint density at radius 2 is 1.86 bits per heavy atom. The number of carbonyl (C=O) groups is 1. The lowest BCUT2D eigenvalue weighted by Gasteiger charge is -2.29. The first-order chi connectivity index (χ1) is 10.3. The van der Waals surface area contributed by atoms with E-state index in [1.165, 1.54) is 24.7 Å². The molecule has 2 heterocycles. The smallest absolute Gasteiger partial charge is 0.331 e. The van der Waals surface area contributed by atoms with Crippen LogP contribution >= 0.6 is 0 Å². The van der Waals surface area contributed by atoms with Crippen molar-refractivity contribution in [1.29, 1.82) is 0 Å². The molecule has 1 aromatic rings. The minimum Gasteiger partial charge on any atom is -0.336 e. The van der Waals surface area contributed by atoms with E-state index in [1.54, 1.807) is 4.90 Å². The molecular formula is C15H24N4O3. The number of hydrogen-bond donors (Lipinski definition) is 0. The third-order valence-corrected chi connectivity index (χ3v) is 4.41. The minimum absolute atomic E-state index is 0.160. The minimum atomic E-state index is -0.477. The summed E-state index contributed by atoms with van der Waals surface area (Å²) in [5.74, 6) is -0.244. The van der Waals surface area contributed by atoms with Crippen molar-refractivity contribution in [3.8, 4) is 0 Å². The summed E-state index contributed by atoms with van der Waals surface area (Å²) in [7, 11) is 6.95. The van der Waals surface area contributed by atoms with Crippen molar-refractivity contribution < 1.29 is 4.79 Å². The molecule has 122 valence electrons. The fraction of sp³-hybridized carbons (Fsp3) is 0.667. The Kier molecular flexibility index (Phi) is 4.85. The van der Waals surface area contributed by atoms with Gasteiger partial charge in [-0.05, 0) is 26.9 Å². The number of carbonyl (C=O) groups excluding carboxylic acids is 1. The maximum Gasteiger partial charge on any atom is 0.331 e. The normalized spacial score (nSPS) is 19.3. The molecule has 1 saturated heterocycles. The Bertz CT molecular complexity index is 674. The molecule has 0 aliphatic carbocycles. The summed E-state index contributed by atoms with van der Waals surface area (Å²) >= 11 is 0. The van der Waals surface area contributed by atoms with Crippen LogP contribution in [0.3, 0.4) is 0 Å². The highest BCUT2D eigenvalue weighted by molar-refractivity contribution is 5.92. The number of amides is 1. The summed E-state index contributed by atoms with van der Waals surface area (Å²) in [5.41, 5.74) is -0.771. The number of likely N-dealkylation sites (tertiary alicyclic amines) is 1. The van der Waals surface area contributed by atoms with Crippen molar-refractivity contribution >= 4 is 5.91 Å². The summed E-state index contributed by atoms with van der Waals surface area (Å²) in [6, 6.07) is 1.55. The van der Waals surface area contributed by atoms with E-state index in [0.717, 1.165) is 23.8 Å². The second-order valence-corrected chi connectivity index (χ2v) is 6.13. The van der Waals surface area contributed by atoms with Gasteiger partial charge in [0.1, 0.15) is 5.69 Å². The van der Waals surface area contributed by atoms with Crippen molar-refractivity contribution in [3.05, 3.63) is 32.6 Å². The topological polar surface area (TPSA) is 67.6 Å². The molecule has 7 nitrogen and oxygen atoms in total. The zero-order valence-corrected chi connectivity index (χ0v) is 13.7. The van der Waals surface area contributed by atoms with Gasteiger partial charge >= 0.3 is 5.69 Å². The third-order valence-electron chi connectivity index (χ3n) is 4.41. The SMILES string of the molecule is CN(C)C1CCCCN(C(=O)c2cc(=O)n(C)c(=O)n2C)C1. The van der Waals surface area contributed by atoms with Gasteiger partial charge < -0.3 is 9.80 Å². The van der Waals surface area contributed by atoms with Gasteiger partial charge in [0.05, 0.1) is 0 Å². The molecule has 1 fully saturated rings. The Labute approximate surface area is 129 Å². The predicted molar refractivity (Wildman–Crippen MR) is 84.2 cm³/mol. The van der Waals surface area contributed by atoms with Crippen molar-refractivity contribution in [3.63, 3.8) is 0 Å². The van der Waals surface area contributed by atoms with E-state index in [0.29, 0.717) is 19.1 Å². The van der Waals surface area contributed by atoms with Crippen LogP contribution in [0.5, 0.6) is 0 Å². The first-order valence-corrected chi connectivity index (χ1v) is 7.55. The molecule has 1 atom stereocenters. The van der Waals surface area contributed by atoms with Gasteiger partial charge in [0.2, 0.25) is 0 Å². The lowest BCUT2D eigenvalue weighted by atomic mass is 10.1. The Balaban J connectivity index is 2.35. The largest absolute Gasteiger partial charge is 0.336 e. The lowest BCUT2D eigenvalue weighted by molar-refractivity contribution is 0.0713. The molecule has 22 heavy (non-hydrogen) atoms. The lowest BCUT2D eigenvalue weighted by Crippen LogP contribution is -2.45. The van der Waals surface area contributed by atoms with Crippen molar-refractivity contribution in [2.24, 2.45) is 14.1 Å². The van der Waals surface area contributed by atoms with Crippen LogP contribution in [0.1, 0.15) is 29.8 Å². The van der Waals surface area contributed by atoms with E-state index < -0.39 is 11.2 Å². The van der Waals surface area contributed by atoms with Crippen molar-refractivity contribution in [2.45, 2.75) is 25.3 Å². The summed E-state index contributed by atoms with van der Waals surface area (Å²) < 4.78 is 2.25. The van der Waals surface area contributed by atoms with Crippen LogP contribution in [0, 0.1) is 0 Å². The predicted octanol–water partition coefficient (Wildman–Crippen LogP) is -0.360. The number of likely N-dealkylation sites (N-methyl/N-ethyl adjacent to an activating group) is 1. The molecule has 2 rings (SSSR count). The number of nitrogens with zero attached hydrogens (tertiary/aromatic N) is 4. The molecule has 1 aliphatic heterocycles. The summed E-state index contributed by atoms with van der Waals surface area (Å²) in [5, 5.41) is 0. The highest BCUT2D eigenvalue weighted by atomic mass is 16.2. The standard InChI is InChI=1S/C15H24N4O3/c1-16(2)11-7-5-6-8-19(10-11)14(21)12-9-13(20)18(4)15(22)17(12)3/h9,11H,5-8,10H2,1-4H3. The summed E-state index contributed by atoms with van der Waals surface area (Å²) in [6.45, 7) is 1.28. The van der Waals surface area contributed by atoms with Crippen LogP contribution in [-0.2, 0) is 14.1 Å². The van der Waals surface area contributed by atoms with Gasteiger partial charge in [-0.1, -0.05) is 6.42 Å². The Morgan fingerprint density at radius 1 is 1.18 bits per heavy atom. The van der Waals surface area contributed by atoms with Crippen LogP contribution < -0.4 is 11.2 Å². The Morgan fingerprint density at radius 3 is 2.50 bits per heavy atom. The average Bonchev–Trinajstić information content (AvgIpc) is 2.74. The van der Waals surface area contributed by atoms with E-state index in [9.17, 15) is 14.4 Å². The number of hydrogen-bond acceptors (Lipinski definition) is 4. The second kappa shape index (κ2) is 6.48. The Hall–Kier alpha value is -1.89. The molecule has 1 unspecified atom stereocenters. The average molecular weight is 308 g/mol. The molecule has 7 heteroatoms. The second-order valence-electron chi connectivity index (χ2n) is 6.13. The van der Waals surface area contributed by atoms with Crippen LogP contribution in [0.25, 0.3) is 0 Å². The molecular weight excluding hydrogens is 284 g/mol. The molecule has 0 spiro atoms. The van der Waals surface area contributed by atoms with Gasteiger partial charge in [-0.25, -0.2) is 4.79 Å². The van der Waals surface area contributed by atoms with Crippen molar-refractivity contribution in [1.82, 2.24) is 18.9 Å². The molecule has 0 saturated carbocycles. The third kappa shape index (κ3) is 3.14. The molecule has 1 aliphatic rings. The highest BCUT2D eigenvalue weighted by Crippen LogP contribution is 2.15. The van der Waals surface area contributed by atoms with Gasteiger partial charge in [-0.3, -0.25) is 18.7 Å². The van der Waals surface area contributed by atoms with Crippen LogP contribution in [0.4, 0.5) is 0 Å². The molecule has 0 radical (unpaired) electrons. The highest BCUT2D eigenvalue weighted by Gasteiger charge is 2.26. The molecule has 1 amide bonds. The fourth-order valence-electron chi connectivity index (χ4n) is 2.83.